The van der Waals surface area contributed by atoms with Crippen molar-refractivity contribution in [2.24, 2.45) is 11.8 Å². The van der Waals surface area contributed by atoms with Crippen LogP contribution in [0.5, 0.6) is 0 Å². The van der Waals surface area contributed by atoms with Crippen LogP contribution in [0, 0.1) is 11.8 Å². The zero-order valence-corrected chi connectivity index (χ0v) is 16.6. The molecule has 2 atom stereocenters. The molecule has 0 aromatic carbocycles. The number of hydrogen-bond acceptors (Lipinski definition) is 4. The van der Waals surface area contributed by atoms with Gasteiger partial charge in [-0.3, -0.25) is 19.5 Å². The number of carbonyl (C=O) groups excluding carboxylic acids is 2. The van der Waals surface area contributed by atoms with E-state index in [9.17, 15) is 9.59 Å². The maximum Gasteiger partial charge on any atom is 0.255 e. The Bertz CT molecular complexity index is 855. The van der Waals surface area contributed by atoms with E-state index in [0.717, 1.165) is 42.9 Å². The van der Waals surface area contributed by atoms with Gasteiger partial charge in [-0.05, 0) is 49.9 Å². The van der Waals surface area contributed by atoms with Gasteiger partial charge in [-0.1, -0.05) is 13.8 Å². The lowest BCUT2D eigenvalue weighted by molar-refractivity contribution is -0.123. The first-order valence-electron chi connectivity index (χ1n) is 10.2. The molecule has 0 bridgehead atoms. The highest BCUT2D eigenvalue weighted by Crippen LogP contribution is 2.21. The summed E-state index contributed by atoms with van der Waals surface area (Å²) in [5, 5.41) is 3.15. The summed E-state index contributed by atoms with van der Waals surface area (Å²) in [5.74, 6) is 1.03. The number of aromatic nitrogens is 2. The van der Waals surface area contributed by atoms with Gasteiger partial charge in [0.2, 0.25) is 5.91 Å². The van der Waals surface area contributed by atoms with Crippen LogP contribution in [0.3, 0.4) is 0 Å². The van der Waals surface area contributed by atoms with E-state index in [1.165, 1.54) is 0 Å². The van der Waals surface area contributed by atoms with Crippen LogP contribution >= 0.6 is 0 Å². The third-order valence-corrected chi connectivity index (χ3v) is 6.13. The number of likely N-dealkylation sites (tertiary alicyclic amines) is 2. The summed E-state index contributed by atoms with van der Waals surface area (Å²) in [7, 11) is 0. The Balaban J connectivity index is 1.33. The van der Waals surface area contributed by atoms with E-state index in [1.807, 2.05) is 23.2 Å². The van der Waals surface area contributed by atoms with Gasteiger partial charge in [-0.25, -0.2) is 0 Å². The fourth-order valence-corrected chi connectivity index (χ4v) is 4.23. The van der Waals surface area contributed by atoms with Gasteiger partial charge in [0, 0.05) is 25.5 Å². The van der Waals surface area contributed by atoms with Crippen molar-refractivity contribution in [1.29, 1.82) is 0 Å². The fraction of sp³-hybridized carbons (Fsp3) is 0.571. The van der Waals surface area contributed by atoms with Crippen molar-refractivity contribution in [2.75, 3.05) is 32.7 Å². The second-order valence-electron chi connectivity index (χ2n) is 8.45. The largest absolute Gasteiger partial charge is 0.360 e. The molecule has 150 valence electrons. The Morgan fingerprint density at radius 2 is 2.04 bits per heavy atom. The summed E-state index contributed by atoms with van der Waals surface area (Å²) >= 11 is 0. The zero-order chi connectivity index (χ0) is 19.7. The number of piperidine rings is 1. The van der Waals surface area contributed by atoms with E-state index >= 15 is 0 Å². The first kappa shape index (κ1) is 18.9. The Labute approximate surface area is 165 Å². The first-order valence-corrected chi connectivity index (χ1v) is 10.2. The molecular formula is C21H29N5O2. The Morgan fingerprint density at radius 1 is 1.25 bits per heavy atom. The number of pyridine rings is 1. The molecule has 2 aromatic heterocycles. The topological polar surface area (TPSA) is 81.3 Å². The van der Waals surface area contributed by atoms with Gasteiger partial charge < -0.3 is 15.2 Å². The average Bonchev–Trinajstić information content (AvgIpc) is 3.29. The van der Waals surface area contributed by atoms with Crippen molar-refractivity contribution in [1.82, 2.24) is 25.1 Å². The first-order chi connectivity index (χ1) is 13.5. The molecule has 7 heteroatoms. The fourth-order valence-electron chi connectivity index (χ4n) is 4.23. The van der Waals surface area contributed by atoms with Crippen LogP contribution in [0.2, 0.25) is 0 Å². The average molecular weight is 383 g/mol. The molecule has 2 aliphatic rings. The zero-order valence-electron chi connectivity index (χ0n) is 16.6. The van der Waals surface area contributed by atoms with Crippen molar-refractivity contribution in [3.05, 3.63) is 30.1 Å². The van der Waals surface area contributed by atoms with Gasteiger partial charge in [0.05, 0.1) is 29.2 Å². The molecule has 4 rings (SSSR count). The molecule has 0 saturated carbocycles. The number of aromatic amines is 1. The number of amides is 2. The summed E-state index contributed by atoms with van der Waals surface area (Å²) in [6.45, 7) is 8.00. The molecular weight excluding hydrogens is 354 g/mol. The van der Waals surface area contributed by atoms with Crippen molar-refractivity contribution < 1.29 is 9.59 Å². The van der Waals surface area contributed by atoms with Gasteiger partial charge in [-0.2, -0.15) is 0 Å². The molecule has 2 aromatic rings. The van der Waals surface area contributed by atoms with E-state index in [4.69, 9.17) is 0 Å². The Kier molecular flexibility index (Phi) is 5.35. The second kappa shape index (κ2) is 7.91. The summed E-state index contributed by atoms with van der Waals surface area (Å²) in [6, 6.07) is 3.73. The molecule has 2 fully saturated rings. The van der Waals surface area contributed by atoms with Gasteiger partial charge in [0.15, 0.2) is 0 Å². The smallest absolute Gasteiger partial charge is 0.255 e. The molecule has 2 saturated heterocycles. The van der Waals surface area contributed by atoms with E-state index in [2.05, 4.69) is 34.0 Å². The minimum atomic E-state index is -0.0300. The van der Waals surface area contributed by atoms with E-state index in [1.54, 1.807) is 6.20 Å². The summed E-state index contributed by atoms with van der Waals surface area (Å²) in [6.07, 6.45) is 5.77. The third-order valence-electron chi connectivity index (χ3n) is 6.13. The van der Waals surface area contributed by atoms with Crippen molar-refractivity contribution in [3.63, 3.8) is 0 Å². The summed E-state index contributed by atoms with van der Waals surface area (Å²) in [4.78, 5) is 36.9. The highest BCUT2D eigenvalue weighted by atomic mass is 16.2. The molecule has 0 spiro atoms. The quantitative estimate of drug-likeness (QED) is 0.845. The van der Waals surface area contributed by atoms with E-state index < -0.39 is 0 Å². The molecule has 28 heavy (non-hydrogen) atoms. The number of fused-ring (bicyclic) bond motifs is 1. The molecule has 2 amide bonds. The standard InChI is InChI=1S/C21H29N5O2/c1-14-4-7-25(8-5-14)13-20(27)24-19-12-26(11-15(19)2)21(28)16-9-18-17(23-10-16)3-6-22-18/h3,6,9-10,14-15,19,22H,4-5,7-8,11-13H2,1-2H3,(H,24,27). The number of nitrogens with zero attached hydrogens (tertiary/aromatic N) is 3. The van der Waals surface area contributed by atoms with Gasteiger partial charge in [-0.15, -0.1) is 0 Å². The van der Waals surface area contributed by atoms with Crippen molar-refractivity contribution in [3.8, 4) is 0 Å². The van der Waals surface area contributed by atoms with Crippen LogP contribution in [-0.4, -0.2) is 70.3 Å². The molecule has 7 nitrogen and oxygen atoms in total. The van der Waals surface area contributed by atoms with Gasteiger partial charge in [0.1, 0.15) is 0 Å². The Morgan fingerprint density at radius 3 is 2.82 bits per heavy atom. The minimum absolute atomic E-state index is 0.00217. The van der Waals surface area contributed by atoms with Crippen LogP contribution in [-0.2, 0) is 4.79 Å². The molecule has 2 N–H and O–H groups in total. The molecule has 2 unspecified atom stereocenters. The number of carbonyl (C=O) groups is 2. The Hall–Kier alpha value is -2.41. The number of rotatable bonds is 4. The summed E-state index contributed by atoms with van der Waals surface area (Å²) < 4.78 is 0. The molecule has 2 aliphatic heterocycles. The van der Waals surface area contributed by atoms with Crippen molar-refractivity contribution >= 4 is 22.8 Å². The lowest BCUT2D eigenvalue weighted by atomic mass is 9.99. The number of hydrogen-bond donors (Lipinski definition) is 2. The second-order valence-corrected chi connectivity index (χ2v) is 8.45. The predicted molar refractivity (Wildman–Crippen MR) is 108 cm³/mol. The van der Waals surface area contributed by atoms with Crippen LogP contribution in [0.1, 0.15) is 37.0 Å². The number of nitrogens with one attached hydrogen (secondary N) is 2. The monoisotopic (exact) mass is 383 g/mol. The van der Waals surface area contributed by atoms with Crippen LogP contribution < -0.4 is 5.32 Å². The lowest BCUT2D eigenvalue weighted by Crippen LogP contribution is -2.46. The minimum Gasteiger partial charge on any atom is -0.360 e. The number of H-pyrrole nitrogens is 1. The van der Waals surface area contributed by atoms with Crippen LogP contribution in [0.4, 0.5) is 0 Å². The maximum absolute atomic E-state index is 12.9. The maximum atomic E-state index is 12.9. The normalized spacial score (nSPS) is 24.0. The van der Waals surface area contributed by atoms with Crippen molar-refractivity contribution in [2.45, 2.75) is 32.7 Å². The van der Waals surface area contributed by atoms with Crippen LogP contribution in [0.15, 0.2) is 24.5 Å². The molecule has 0 aliphatic carbocycles. The third kappa shape index (κ3) is 4.04. The molecule has 0 radical (unpaired) electrons. The van der Waals surface area contributed by atoms with Crippen LogP contribution in [0.25, 0.3) is 11.0 Å². The highest BCUT2D eigenvalue weighted by molar-refractivity contribution is 5.97. The summed E-state index contributed by atoms with van der Waals surface area (Å²) in [5.41, 5.74) is 2.29. The predicted octanol–water partition coefficient (Wildman–Crippen LogP) is 1.87. The van der Waals surface area contributed by atoms with Gasteiger partial charge >= 0.3 is 0 Å². The SMILES string of the molecule is CC1CCN(CC(=O)NC2CN(C(=O)c3cnc4cc[nH]c4c3)CC2C)CC1. The molecule has 4 heterocycles. The van der Waals surface area contributed by atoms with E-state index in [0.29, 0.717) is 25.2 Å². The van der Waals surface area contributed by atoms with E-state index in [-0.39, 0.29) is 23.8 Å². The highest BCUT2D eigenvalue weighted by Gasteiger charge is 2.34. The van der Waals surface area contributed by atoms with Gasteiger partial charge in [0.25, 0.3) is 5.91 Å². The lowest BCUT2D eigenvalue weighted by Gasteiger charge is -2.30.